The van der Waals surface area contributed by atoms with Gasteiger partial charge in [0.2, 0.25) is 5.95 Å². The molecule has 6 nitrogen and oxygen atoms in total. The average molecular weight is 475 g/mol. The van der Waals surface area contributed by atoms with Crippen molar-refractivity contribution in [3.8, 4) is 17.0 Å². The van der Waals surface area contributed by atoms with Gasteiger partial charge in [-0.1, -0.05) is 30.3 Å². The van der Waals surface area contributed by atoms with Crippen LogP contribution in [0, 0.1) is 11.6 Å². The zero-order valence-corrected chi connectivity index (χ0v) is 17.8. The summed E-state index contributed by atoms with van der Waals surface area (Å²) in [4.78, 5) is 10.9. The Hall–Kier alpha value is -3.76. The van der Waals surface area contributed by atoms with Crippen molar-refractivity contribution in [3.05, 3.63) is 65.4 Å². The van der Waals surface area contributed by atoms with E-state index >= 15 is 0 Å². The molecule has 4 aromatic rings. The van der Waals surface area contributed by atoms with Crippen molar-refractivity contribution in [2.45, 2.75) is 25.1 Å². The maximum atomic E-state index is 14.6. The molecule has 0 aliphatic carbocycles. The van der Waals surface area contributed by atoms with Crippen molar-refractivity contribution in [1.29, 1.82) is 0 Å². The van der Waals surface area contributed by atoms with Crippen molar-refractivity contribution < 1.29 is 27.1 Å². The van der Waals surface area contributed by atoms with Crippen LogP contribution in [0.1, 0.15) is 17.5 Å². The maximum absolute atomic E-state index is 14.6. The molecule has 1 atom stereocenters. The summed E-state index contributed by atoms with van der Waals surface area (Å²) in [6, 6.07) is 10.4. The van der Waals surface area contributed by atoms with Crippen molar-refractivity contribution in [2.75, 3.05) is 11.4 Å². The smallest absolute Gasteiger partial charge is 0.419 e. The standard InChI is InChI=1S/C23H18F5N5O/c1-32-21-15(19(31-32)14-10-16(23(26,27)28)18(25)20(34)17(14)24)11-29-22(30-21)33-8-7-13(33)9-12-5-3-2-4-6-12/h2-6,10-11,13,34H,7-9H2,1H3. The molecule has 1 aliphatic heterocycles. The molecule has 0 bridgehead atoms. The molecule has 1 unspecified atom stereocenters. The van der Waals surface area contributed by atoms with Crippen LogP contribution in [-0.4, -0.2) is 37.4 Å². The lowest BCUT2D eigenvalue weighted by Crippen LogP contribution is -2.50. The van der Waals surface area contributed by atoms with Crippen LogP contribution in [0.4, 0.5) is 27.9 Å². The number of phenolic OH excluding ortho intramolecular Hbond substituents is 1. The average Bonchev–Trinajstić information content (AvgIpc) is 3.11. The molecule has 2 aromatic carbocycles. The van der Waals surface area contributed by atoms with E-state index in [1.165, 1.54) is 23.5 Å². The molecule has 0 saturated carbocycles. The Morgan fingerprint density at radius 2 is 1.85 bits per heavy atom. The minimum atomic E-state index is -5.14. The summed E-state index contributed by atoms with van der Waals surface area (Å²) in [5, 5.41) is 13.9. The molecule has 34 heavy (non-hydrogen) atoms. The second-order valence-corrected chi connectivity index (χ2v) is 8.15. The first-order valence-corrected chi connectivity index (χ1v) is 10.4. The number of nitrogens with zero attached hydrogens (tertiary/aromatic N) is 5. The third-order valence-corrected chi connectivity index (χ3v) is 6.02. The zero-order chi connectivity index (χ0) is 24.2. The summed E-state index contributed by atoms with van der Waals surface area (Å²) in [6.45, 7) is 0.739. The van der Waals surface area contributed by atoms with Crippen LogP contribution in [0.2, 0.25) is 0 Å². The SMILES string of the molecule is Cn1nc(-c2cc(C(F)(F)F)c(F)c(O)c2F)c2cnc(N3CCC3Cc3ccccc3)nc21. The van der Waals surface area contributed by atoms with Crippen LogP contribution in [0.25, 0.3) is 22.3 Å². The number of hydrogen-bond acceptors (Lipinski definition) is 5. The Morgan fingerprint density at radius 3 is 2.50 bits per heavy atom. The quantitative estimate of drug-likeness (QED) is 0.428. The first-order chi connectivity index (χ1) is 16.1. The Kier molecular flexibility index (Phi) is 5.14. The van der Waals surface area contributed by atoms with Crippen molar-refractivity contribution in [2.24, 2.45) is 7.05 Å². The van der Waals surface area contributed by atoms with Gasteiger partial charge in [-0.25, -0.2) is 18.4 Å². The molecular weight excluding hydrogens is 457 g/mol. The van der Waals surface area contributed by atoms with E-state index in [-0.39, 0.29) is 22.8 Å². The number of rotatable bonds is 4. The molecule has 5 rings (SSSR count). The number of aromatic nitrogens is 4. The van der Waals surface area contributed by atoms with E-state index in [1.54, 1.807) is 0 Å². The van der Waals surface area contributed by atoms with Crippen LogP contribution in [0.15, 0.2) is 42.6 Å². The van der Waals surface area contributed by atoms with E-state index in [0.717, 1.165) is 19.4 Å². The minimum Gasteiger partial charge on any atom is -0.503 e. The monoisotopic (exact) mass is 475 g/mol. The topological polar surface area (TPSA) is 67.1 Å². The van der Waals surface area contributed by atoms with Crippen LogP contribution in [-0.2, 0) is 19.6 Å². The number of benzene rings is 2. The summed E-state index contributed by atoms with van der Waals surface area (Å²) < 4.78 is 69.5. The lowest BCUT2D eigenvalue weighted by atomic mass is 9.96. The zero-order valence-electron chi connectivity index (χ0n) is 17.8. The first-order valence-electron chi connectivity index (χ1n) is 10.4. The van der Waals surface area contributed by atoms with Gasteiger partial charge in [0.15, 0.2) is 23.0 Å². The van der Waals surface area contributed by atoms with E-state index < -0.39 is 34.7 Å². The third-order valence-electron chi connectivity index (χ3n) is 6.02. The highest BCUT2D eigenvalue weighted by Crippen LogP contribution is 2.41. The third kappa shape index (κ3) is 3.61. The number of alkyl halides is 3. The predicted octanol–water partition coefficient (Wildman–Crippen LogP) is 4.85. The molecule has 0 radical (unpaired) electrons. The van der Waals surface area contributed by atoms with Gasteiger partial charge in [-0.2, -0.15) is 23.3 Å². The highest BCUT2D eigenvalue weighted by Gasteiger charge is 2.38. The van der Waals surface area contributed by atoms with Gasteiger partial charge in [-0.15, -0.1) is 0 Å². The first kappa shape index (κ1) is 22.1. The van der Waals surface area contributed by atoms with Crippen molar-refractivity contribution in [3.63, 3.8) is 0 Å². The highest BCUT2D eigenvalue weighted by molar-refractivity contribution is 5.91. The van der Waals surface area contributed by atoms with Gasteiger partial charge in [-0.3, -0.25) is 0 Å². The van der Waals surface area contributed by atoms with Crippen molar-refractivity contribution >= 4 is 17.0 Å². The Balaban J connectivity index is 1.54. The molecule has 3 heterocycles. The summed E-state index contributed by atoms with van der Waals surface area (Å²) in [7, 11) is 1.51. The lowest BCUT2D eigenvalue weighted by molar-refractivity contribution is -0.140. The van der Waals surface area contributed by atoms with Gasteiger partial charge >= 0.3 is 6.18 Å². The summed E-state index contributed by atoms with van der Waals surface area (Å²) in [5.74, 6) is -4.91. The fourth-order valence-electron chi connectivity index (χ4n) is 4.17. The van der Waals surface area contributed by atoms with E-state index in [4.69, 9.17) is 0 Å². The maximum Gasteiger partial charge on any atom is 0.419 e. The number of phenols is 1. The number of aromatic hydroxyl groups is 1. The molecule has 1 saturated heterocycles. The Labute approximate surface area is 190 Å². The van der Waals surface area contributed by atoms with Crippen molar-refractivity contribution in [1.82, 2.24) is 19.7 Å². The summed E-state index contributed by atoms with van der Waals surface area (Å²) >= 11 is 0. The number of anilines is 1. The number of fused-ring (bicyclic) bond motifs is 1. The van der Waals surface area contributed by atoms with Gasteiger partial charge in [0.05, 0.1) is 10.9 Å². The van der Waals surface area contributed by atoms with E-state index in [9.17, 15) is 27.1 Å². The van der Waals surface area contributed by atoms with E-state index in [0.29, 0.717) is 12.0 Å². The Bertz CT molecular complexity index is 1390. The van der Waals surface area contributed by atoms with Gasteiger partial charge in [0.1, 0.15) is 5.69 Å². The normalized spacial score (nSPS) is 16.2. The molecule has 11 heteroatoms. The fraction of sp³-hybridized carbons (Fsp3) is 0.261. The molecule has 2 aromatic heterocycles. The summed E-state index contributed by atoms with van der Waals surface area (Å²) in [6.07, 6.45) is -2.03. The predicted molar refractivity (Wildman–Crippen MR) is 114 cm³/mol. The second kappa shape index (κ2) is 7.93. The highest BCUT2D eigenvalue weighted by atomic mass is 19.4. The molecule has 1 fully saturated rings. The molecular formula is C23H18F5N5O. The summed E-state index contributed by atoms with van der Waals surface area (Å²) in [5.41, 5.74) is -1.27. The molecule has 1 aliphatic rings. The van der Waals surface area contributed by atoms with Gasteiger partial charge < -0.3 is 10.0 Å². The van der Waals surface area contributed by atoms with Gasteiger partial charge in [0.25, 0.3) is 0 Å². The van der Waals surface area contributed by atoms with E-state index in [1.807, 2.05) is 35.2 Å². The lowest BCUT2D eigenvalue weighted by Gasteiger charge is -2.41. The number of aryl methyl sites for hydroxylation is 1. The van der Waals surface area contributed by atoms with Gasteiger partial charge in [-0.05, 0) is 24.5 Å². The number of halogens is 5. The largest absolute Gasteiger partial charge is 0.503 e. The van der Waals surface area contributed by atoms with Crippen LogP contribution in [0.5, 0.6) is 5.75 Å². The molecule has 1 N–H and O–H groups in total. The minimum absolute atomic E-state index is 0.171. The second-order valence-electron chi connectivity index (χ2n) is 8.15. The molecule has 0 spiro atoms. The van der Waals surface area contributed by atoms with E-state index in [2.05, 4.69) is 15.1 Å². The molecule has 176 valence electrons. The van der Waals surface area contributed by atoms with Crippen LogP contribution < -0.4 is 4.90 Å². The molecule has 0 amide bonds. The Morgan fingerprint density at radius 1 is 1.12 bits per heavy atom. The van der Waals surface area contributed by atoms with Crippen LogP contribution >= 0.6 is 0 Å². The van der Waals surface area contributed by atoms with Crippen LogP contribution in [0.3, 0.4) is 0 Å². The van der Waals surface area contributed by atoms with Gasteiger partial charge in [0, 0.05) is 31.4 Å². The number of hydrogen-bond donors (Lipinski definition) is 1. The fourth-order valence-corrected chi connectivity index (χ4v) is 4.17.